The van der Waals surface area contributed by atoms with E-state index < -0.39 is 5.97 Å². The van der Waals surface area contributed by atoms with Gasteiger partial charge in [-0.3, -0.25) is 4.79 Å². The molecule has 0 spiro atoms. The highest BCUT2D eigenvalue weighted by atomic mass is 17.1. The zero-order valence-electron chi connectivity index (χ0n) is 9.76. The number of benzene rings is 1. The molecule has 0 aliphatic rings. The zero-order chi connectivity index (χ0) is 13.1. The number of amides is 1. The Labute approximate surface area is 100 Å². The molecule has 1 amide bonds. The van der Waals surface area contributed by atoms with Crippen LogP contribution in [0.5, 0.6) is 0 Å². The zero-order valence-corrected chi connectivity index (χ0v) is 9.76. The lowest BCUT2D eigenvalue weighted by atomic mass is 10.2. The largest absolute Gasteiger partial charge is 0.366 e. The molecule has 0 heterocycles. The van der Waals surface area contributed by atoms with Crippen molar-refractivity contribution >= 4 is 11.9 Å². The van der Waals surface area contributed by atoms with E-state index in [4.69, 9.17) is 11.0 Å². The smallest absolute Gasteiger partial charge is 0.342 e. The SMILES string of the molecule is CCCCC(=O)OO.NC(=O)c1ccccc1. The average molecular weight is 239 g/mol. The molecule has 5 heteroatoms. The van der Waals surface area contributed by atoms with Crippen LogP contribution in [0.25, 0.3) is 0 Å². The number of primary amides is 1. The number of carbonyl (C=O) groups excluding carboxylic acids is 2. The topological polar surface area (TPSA) is 89.6 Å². The van der Waals surface area contributed by atoms with Gasteiger partial charge in [0.25, 0.3) is 0 Å². The van der Waals surface area contributed by atoms with Crippen LogP contribution >= 0.6 is 0 Å². The Kier molecular flexibility index (Phi) is 8.32. The Bertz CT molecular complexity index is 338. The molecule has 0 radical (unpaired) electrons. The second-order valence-corrected chi connectivity index (χ2v) is 3.30. The molecular formula is C12H17NO4. The summed E-state index contributed by atoms with van der Waals surface area (Å²) in [6.45, 7) is 1.96. The first-order valence-electron chi connectivity index (χ1n) is 5.30. The standard InChI is InChI=1S/C7H7NO.C5H10O3/c8-7(9)6-4-2-1-3-5-6;1-2-3-4-5(6)8-7/h1-5H,(H2,8,9);7H,2-4H2,1H3. The summed E-state index contributed by atoms with van der Waals surface area (Å²) in [6, 6.07) is 8.76. The van der Waals surface area contributed by atoms with Crippen LogP contribution in [0.3, 0.4) is 0 Å². The Morgan fingerprint density at radius 2 is 1.88 bits per heavy atom. The van der Waals surface area contributed by atoms with E-state index in [2.05, 4.69) is 4.89 Å². The Hall–Kier alpha value is -1.88. The fourth-order valence-electron chi connectivity index (χ4n) is 0.969. The van der Waals surface area contributed by atoms with Gasteiger partial charge < -0.3 is 10.6 Å². The van der Waals surface area contributed by atoms with Gasteiger partial charge in [-0.05, 0) is 18.6 Å². The molecule has 1 rings (SSSR count). The third-order valence-electron chi connectivity index (χ3n) is 1.89. The molecule has 0 saturated heterocycles. The summed E-state index contributed by atoms with van der Waals surface area (Å²) in [7, 11) is 0. The van der Waals surface area contributed by atoms with E-state index in [1.807, 2.05) is 13.0 Å². The van der Waals surface area contributed by atoms with Crippen LogP contribution in [0.4, 0.5) is 0 Å². The summed E-state index contributed by atoms with van der Waals surface area (Å²) < 4.78 is 0. The molecule has 0 fully saturated rings. The van der Waals surface area contributed by atoms with Gasteiger partial charge in [0.15, 0.2) is 0 Å². The first-order valence-corrected chi connectivity index (χ1v) is 5.30. The van der Waals surface area contributed by atoms with Crippen LogP contribution < -0.4 is 5.73 Å². The third-order valence-corrected chi connectivity index (χ3v) is 1.89. The molecule has 3 N–H and O–H groups in total. The van der Waals surface area contributed by atoms with Gasteiger partial charge in [-0.2, -0.15) is 5.26 Å². The van der Waals surface area contributed by atoms with E-state index in [1.165, 1.54) is 0 Å². The maximum absolute atomic E-state index is 10.4. The molecule has 1 aromatic carbocycles. The number of rotatable bonds is 4. The van der Waals surface area contributed by atoms with E-state index in [0.29, 0.717) is 12.0 Å². The molecule has 17 heavy (non-hydrogen) atoms. The molecule has 5 nitrogen and oxygen atoms in total. The monoisotopic (exact) mass is 239 g/mol. The van der Waals surface area contributed by atoms with Crippen molar-refractivity contribution in [2.75, 3.05) is 0 Å². The first-order chi connectivity index (χ1) is 8.11. The van der Waals surface area contributed by atoms with Gasteiger partial charge in [0.05, 0.1) is 0 Å². The minimum atomic E-state index is -0.549. The predicted octanol–water partition coefficient (Wildman–Crippen LogP) is 1.98. The van der Waals surface area contributed by atoms with Gasteiger partial charge in [0.2, 0.25) is 5.91 Å². The van der Waals surface area contributed by atoms with Crippen LogP contribution in [0.15, 0.2) is 30.3 Å². The molecule has 94 valence electrons. The maximum atomic E-state index is 10.4. The van der Waals surface area contributed by atoms with Crippen molar-refractivity contribution in [2.24, 2.45) is 5.73 Å². The summed E-state index contributed by atoms with van der Waals surface area (Å²) in [6.07, 6.45) is 2.03. The van der Waals surface area contributed by atoms with Gasteiger partial charge in [-0.15, -0.1) is 0 Å². The fraction of sp³-hybridized carbons (Fsp3) is 0.333. The van der Waals surface area contributed by atoms with Crippen molar-refractivity contribution in [2.45, 2.75) is 26.2 Å². The highest BCUT2D eigenvalue weighted by molar-refractivity contribution is 5.92. The van der Waals surface area contributed by atoms with Crippen molar-refractivity contribution in [3.63, 3.8) is 0 Å². The molecule has 0 aliphatic carbocycles. The Morgan fingerprint density at radius 1 is 1.29 bits per heavy atom. The number of hydrogen-bond acceptors (Lipinski definition) is 4. The minimum absolute atomic E-state index is 0.312. The molecule has 0 unspecified atom stereocenters. The Balaban J connectivity index is 0.000000304. The van der Waals surface area contributed by atoms with E-state index in [0.717, 1.165) is 12.8 Å². The summed E-state index contributed by atoms with van der Waals surface area (Å²) in [4.78, 5) is 23.9. The second kappa shape index (κ2) is 9.35. The van der Waals surface area contributed by atoms with E-state index >= 15 is 0 Å². The van der Waals surface area contributed by atoms with Crippen LogP contribution in [0, 0.1) is 0 Å². The van der Waals surface area contributed by atoms with Gasteiger partial charge in [-0.25, -0.2) is 4.79 Å². The molecule has 0 aliphatic heterocycles. The molecule has 0 bridgehead atoms. The number of hydrogen-bond donors (Lipinski definition) is 2. The average Bonchev–Trinajstić information content (AvgIpc) is 2.37. The van der Waals surface area contributed by atoms with Crippen molar-refractivity contribution in [3.8, 4) is 0 Å². The second-order valence-electron chi connectivity index (χ2n) is 3.30. The van der Waals surface area contributed by atoms with Crippen molar-refractivity contribution in [3.05, 3.63) is 35.9 Å². The fourth-order valence-corrected chi connectivity index (χ4v) is 0.969. The van der Waals surface area contributed by atoms with E-state index in [9.17, 15) is 9.59 Å². The van der Waals surface area contributed by atoms with Crippen LogP contribution in [0.2, 0.25) is 0 Å². The molecule has 1 aromatic rings. The normalized spacial score (nSPS) is 8.82. The molecule has 0 saturated carbocycles. The number of carbonyl (C=O) groups is 2. The van der Waals surface area contributed by atoms with Crippen molar-refractivity contribution in [1.82, 2.24) is 0 Å². The van der Waals surface area contributed by atoms with Gasteiger partial charge in [0, 0.05) is 12.0 Å². The minimum Gasteiger partial charge on any atom is -0.366 e. The third kappa shape index (κ3) is 7.98. The Morgan fingerprint density at radius 3 is 2.24 bits per heavy atom. The molecular weight excluding hydrogens is 222 g/mol. The highest BCUT2D eigenvalue weighted by Gasteiger charge is 1.97. The predicted molar refractivity (Wildman–Crippen MR) is 63.2 cm³/mol. The number of nitrogens with two attached hydrogens (primary N) is 1. The van der Waals surface area contributed by atoms with E-state index in [1.54, 1.807) is 24.3 Å². The van der Waals surface area contributed by atoms with Gasteiger partial charge >= 0.3 is 5.97 Å². The van der Waals surface area contributed by atoms with Crippen molar-refractivity contribution in [1.29, 1.82) is 0 Å². The van der Waals surface area contributed by atoms with Gasteiger partial charge in [0.1, 0.15) is 0 Å². The van der Waals surface area contributed by atoms with Gasteiger partial charge in [-0.1, -0.05) is 31.5 Å². The van der Waals surface area contributed by atoms with E-state index in [-0.39, 0.29) is 5.91 Å². The quantitative estimate of drug-likeness (QED) is 0.621. The summed E-state index contributed by atoms with van der Waals surface area (Å²) in [5.74, 6) is -0.928. The number of unbranched alkanes of at least 4 members (excludes halogenated alkanes) is 1. The lowest BCUT2D eigenvalue weighted by Gasteiger charge is -1.90. The van der Waals surface area contributed by atoms with Crippen LogP contribution in [-0.4, -0.2) is 17.1 Å². The summed E-state index contributed by atoms with van der Waals surface area (Å²) in [5, 5.41) is 7.71. The molecule has 0 aromatic heterocycles. The lowest BCUT2D eigenvalue weighted by Crippen LogP contribution is -2.09. The summed E-state index contributed by atoms with van der Waals surface area (Å²) in [5.41, 5.74) is 5.53. The van der Waals surface area contributed by atoms with Crippen molar-refractivity contribution < 1.29 is 19.7 Å². The van der Waals surface area contributed by atoms with Crippen LogP contribution in [-0.2, 0) is 9.68 Å². The molecule has 0 atom stereocenters. The lowest BCUT2D eigenvalue weighted by molar-refractivity contribution is -0.234. The highest BCUT2D eigenvalue weighted by Crippen LogP contribution is 1.95. The summed E-state index contributed by atoms with van der Waals surface area (Å²) >= 11 is 0. The first kappa shape index (κ1) is 15.1. The maximum Gasteiger partial charge on any atom is 0.342 e. The van der Waals surface area contributed by atoms with Crippen LogP contribution in [0.1, 0.15) is 36.5 Å².